The minimum absolute atomic E-state index is 0.313. The maximum atomic E-state index is 9.14. The van der Waals surface area contributed by atoms with Crippen LogP contribution in [-0.4, -0.2) is 29.7 Å². The fourth-order valence-electron chi connectivity index (χ4n) is 2.21. The van der Waals surface area contributed by atoms with E-state index in [-0.39, 0.29) is 0 Å². The van der Waals surface area contributed by atoms with Crippen molar-refractivity contribution in [2.45, 2.75) is 26.3 Å². The molecule has 3 nitrogen and oxygen atoms in total. The van der Waals surface area contributed by atoms with Gasteiger partial charge < -0.3 is 9.52 Å². The van der Waals surface area contributed by atoms with Gasteiger partial charge in [0.25, 0.3) is 0 Å². The van der Waals surface area contributed by atoms with Gasteiger partial charge in [0.2, 0.25) is 0 Å². The zero-order valence-electron chi connectivity index (χ0n) is 9.28. The van der Waals surface area contributed by atoms with Crippen LogP contribution in [0.15, 0.2) is 16.7 Å². The third-order valence-corrected chi connectivity index (χ3v) is 3.20. The molecule has 1 atom stereocenters. The number of furan rings is 1. The predicted octanol–water partition coefficient (Wildman–Crippen LogP) is 1.79. The first-order chi connectivity index (χ1) is 7.29. The molecule has 0 spiro atoms. The first-order valence-electron chi connectivity index (χ1n) is 5.66. The van der Waals surface area contributed by atoms with Gasteiger partial charge in [-0.15, -0.1) is 0 Å². The van der Waals surface area contributed by atoms with E-state index in [1.54, 1.807) is 6.26 Å². The summed E-state index contributed by atoms with van der Waals surface area (Å²) in [6, 6.07) is 2.00. The number of hydrogen-bond donors (Lipinski definition) is 1. The lowest BCUT2D eigenvalue weighted by atomic mass is 9.99. The molecule has 1 aromatic rings. The topological polar surface area (TPSA) is 36.6 Å². The molecule has 1 N–H and O–H groups in total. The van der Waals surface area contributed by atoms with E-state index in [0.29, 0.717) is 12.5 Å². The second-order valence-electron chi connectivity index (χ2n) is 4.45. The van der Waals surface area contributed by atoms with Crippen molar-refractivity contribution >= 4 is 0 Å². The van der Waals surface area contributed by atoms with E-state index in [1.165, 1.54) is 12.0 Å². The average Bonchev–Trinajstić information content (AvgIpc) is 2.65. The zero-order chi connectivity index (χ0) is 10.7. The fraction of sp³-hybridized carbons (Fsp3) is 0.667. The van der Waals surface area contributed by atoms with Gasteiger partial charge >= 0.3 is 0 Å². The minimum Gasteiger partial charge on any atom is -0.468 e. The molecule has 84 valence electrons. The monoisotopic (exact) mass is 209 g/mol. The van der Waals surface area contributed by atoms with Crippen molar-refractivity contribution in [3.63, 3.8) is 0 Å². The van der Waals surface area contributed by atoms with Crippen LogP contribution < -0.4 is 0 Å². The first-order valence-corrected chi connectivity index (χ1v) is 5.66. The van der Waals surface area contributed by atoms with Crippen LogP contribution in [-0.2, 0) is 6.54 Å². The Kier molecular flexibility index (Phi) is 3.44. The Morgan fingerprint density at radius 1 is 1.60 bits per heavy atom. The lowest BCUT2D eigenvalue weighted by molar-refractivity contribution is 0.110. The molecule has 2 heterocycles. The number of aliphatic hydroxyl groups excluding tert-OH is 1. The largest absolute Gasteiger partial charge is 0.468 e. The highest BCUT2D eigenvalue weighted by Crippen LogP contribution is 2.19. The number of nitrogens with zero attached hydrogens (tertiary/aromatic N) is 1. The van der Waals surface area contributed by atoms with E-state index in [0.717, 1.165) is 31.8 Å². The second-order valence-corrected chi connectivity index (χ2v) is 4.45. The summed E-state index contributed by atoms with van der Waals surface area (Å²) in [6.45, 7) is 5.39. The summed E-state index contributed by atoms with van der Waals surface area (Å²) in [6.07, 6.45) is 4.09. The molecule has 2 rings (SSSR count). The third-order valence-electron chi connectivity index (χ3n) is 3.20. The summed E-state index contributed by atoms with van der Waals surface area (Å²) in [5, 5.41) is 9.14. The lowest BCUT2D eigenvalue weighted by Crippen LogP contribution is -2.36. The van der Waals surface area contributed by atoms with Crippen LogP contribution in [0, 0.1) is 12.8 Å². The van der Waals surface area contributed by atoms with Crippen molar-refractivity contribution in [2.75, 3.05) is 19.7 Å². The van der Waals surface area contributed by atoms with Crippen LogP contribution in [0.5, 0.6) is 0 Å². The van der Waals surface area contributed by atoms with Crippen LogP contribution in [0.25, 0.3) is 0 Å². The molecule has 1 saturated heterocycles. The van der Waals surface area contributed by atoms with Crippen molar-refractivity contribution in [1.29, 1.82) is 0 Å². The van der Waals surface area contributed by atoms with Crippen LogP contribution >= 0.6 is 0 Å². The maximum Gasteiger partial charge on any atom is 0.120 e. The van der Waals surface area contributed by atoms with Gasteiger partial charge in [0.05, 0.1) is 12.8 Å². The Labute approximate surface area is 90.7 Å². The molecule has 0 amide bonds. The molecule has 0 saturated carbocycles. The molecular formula is C12H19NO2. The molecule has 15 heavy (non-hydrogen) atoms. The van der Waals surface area contributed by atoms with Gasteiger partial charge in [-0.3, -0.25) is 4.90 Å². The van der Waals surface area contributed by atoms with Gasteiger partial charge in [-0.1, -0.05) is 0 Å². The first kappa shape index (κ1) is 10.7. The van der Waals surface area contributed by atoms with Crippen LogP contribution in [0.2, 0.25) is 0 Å². The Morgan fingerprint density at radius 3 is 3.13 bits per heavy atom. The van der Waals surface area contributed by atoms with Crippen LogP contribution in [0.3, 0.4) is 0 Å². The number of piperidine rings is 1. The molecular weight excluding hydrogens is 190 g/mol. The molecule has 1 fully saturated rings. The van der Waals surface area contributed by atoms with Gasteiger partial charge in [0.1, 0.15) is 5.76 Å². The number of rotatable bonds is 3. The number of likely N-dealkylation sites (tertiary alicyclic amines) is 1. The van der Waals surface area contributed by atoms with Crippen molar-refractivity contribution in [2.24, 2.45) is 5.92 Å². The summed E-state index contributed by atoms with van der Waals surface area (Å²) in [5.74, 6) is 1.52. The Morgan fingerprint density at radius 2 is 2.47 bits per heavy atom. The summed E-state index contributed by atoms with van der Waals surface area (Å²) in [7, 11) is 0. The van der Waals surface area contributed by atoms with E-state index in [2.05, 4.69) is 11.8 Å². The molecule has 1 unspecified atom stereocenters. The number of aliphatic hydroxyl groups is 1. The second kappa shape index (κ2) is 4.81. The number of aryl methyl sites for hydroxylation is 1. The molecule has 1 aliphatic heterocycles. The smallest absolute Gasteiger partial charge is 0.120 e. The van der Waals surface area contributed by atoms with E-state index in [4.69, 9.17) is 9.52 Å². The molecule has 0 bridgehead atoms. The highest BCUT2D eigenvalue weighted by molar-refractivity contribution is 5.14. The van der Waals surface area contributed by atoms with Crippen molar-refractivity contribution < 1.29 is 9.52 Å². The molecule has 0 aromatic carbocycles. The predicted molar refractivity (Wildman–Crippen MR) is 58.5 cm³/mol. The summed E-state index contributed by atoms with van der Waals surface area (Å²) in [4.78, 5) is 2.37. The molecule has 1 aliphatic rings. The molecule has 3 heteroatoms. The van der Waals surface area contributed by atoms with Gasteiger partial charge in [0, 0.05) is 13.2 Å². The Bertz CT molecular complexity index is 308. The van der Waals surface area contributed by atoms with Gasteiger partial charge in [-0.25, -0.2) is 0 Å². The zero-order valence-corrected chi connectivity index (χ0v) is 9.28. The Balaban J connectivity index is 1.92. The fourth-order valence-corrected chi connectivity index (χ4v) is 2.21. The molecule has 1 aromatic heterocycles. The van der Waals surface area contributed by atoms with E-state index in [1.807, 2.05) is 6.07 Å². The standard InChI is InChI=1S/C12H19NO2/c1-10-4-6-15-12(10)8-13-5-2-3-11(7-13)9-14/h4,6,11,14H,2-3,5,7-9H2,1H3. The van der Waals surface area contributed by atoms with E-state index < -0.39 is 0 Å². The van der Waals surface area contributed by atoms with Gasteiger partial charge in [0.15, 0.2) is 0 Å². The van der Waals surface area contributed by atoms with Crippen molar-refractivity contribution in [3.05, 3.63) is 23.7 Å². The highest BCUT2D eigenvalue weighted by Gasteiger charge is 2.20. The maximum absolute atomic E-state index is 9.14. The molecule has 0 radical (unpaired) electrons. The van der Waals surface area contributed by atoms with E-state index in [9.17, 15) is 0 Å². The molecule has 0 aliphatic carbocycles. The summed E-state index contributed by atoms with van der Waals surface area (Å²) >= 11 is 0. The number of hydrogen-bond acceptors (Lipinski definition) is 3. The van der Waals surface area contributed by atoms with Crippen molar-refractivity contribution in [3.8, 4) is 0 Å². The Hall–Kier alpha value is -0.800. The van der Waals surface area contributed by atoms with Gasteiger partial charge in [-0.05, 0) is 43.9 Å². The quantitative estimate of drug-likeness (QED) is 0.824. The van der Waals surface area contributed by atoms with Crippen LogP contribution in [0.4, 0.5) is 0 Å². The minimum atomic E-state index is 0.313. The normalized spacial score (nSPS) is 23.2. The highest BCUT2D eigenvalue weighted by atomic mass is 16.3. The average molecular weight is 209 g/mol. The van der Waals surface area contributed by atoms with Gasteiger partial charge in [-0.2, -0.15) is 0 Å². The lowest BCUT2D eigenvalue weighted by Gasteiger charge is -2.31. The van der Waals surface area contributed by atoms with E-state index >= 15 is 0 Å². The summed E-state index contributed by atoms with van der Waals surface area (Å²) in [5.41, 5.74) is 1.22. The van der Waals surface area contributed by atoms with Crippen molar-refractivity contribution in [1.82, 2.24) is 4.90 Å². The van der Waals surface area contributed by atoms with Crippen LogP contribution in [0.1, 0.15) is 24.2 Å². The summed E-state index contributed by atoms with van der Waals surface area (Å²) < 4.78 is 5.43. The SMILES string of the molecule is Cc1ccoc1CN1CCCC(CO)C1. The third kappa shape index (κ3) is 2.61.